The maximum Gasteiger partial charge on any atom is 0.314 e. The number of urea groups is 1. The molecule has 20 heavy (non-hydrogen) atoms. The molecule has 2 amide bonds. The van der Waals surface area contributed by atoms with Gasteiger partial charge in [-0.3, -0.25) is 0 Å². The molecule has 1 aliphatic rings. The Morgan fingerprint density at radius 3 is 2.85 bits per heavy atom. The van der Waals surface area contributed by atoms with E-state index in [1.54, 1.807) is 11.3 Å². The van der Waals surface area contributed by atoms with Crippen LogP contribution in [0.5, 0.6) is 0 Å². The van der Waals surface area contributed by atoms with Crippen LogP contribution in [0.25, 0.3) is 0 Å². The molecule has 1 aliphatic heterocycles. The van der Waals surface area contributed by atoms with Crippen LogP contribution in [0.1, 0.15) is 31.1 Å². The van der Waals surface area contributed by atoms with Crippen LogP contribution in [0.15, 0.2) is 17.5 Å². The molecule has 5 nitrogen and oxygen atoms in total. The second kappa shape index (κ2) is 7.06. The highest BCUT2D eigenvalue weighted by Gasteiger charge is 2.30. The fourth-order valence-corrected chi connectivity index (χ4v) is 2.87. The first-order chi connectivity index (χ1) is 9.59. The van der Waals surface area contributed by atoms with Gasteiger partial charge in [-0.15, -0.1) is 11.3 Å². The van der Waals surface area contributed by atoms with Gasteiger partial charge in [0.25, 0.3) is 0 Å². The molecule has 0 unspecified atom stereocenters. The van der Waals surface area contributed by atoms with Gasteiger partial charge in [0.2, 0.25) is 0 Å². The van der Waals surface area contributed by atoms with Gasteiger partial charge in [-0.25, -0.2) is 4.79 Å². The molecule has 0 radical (unpaired) electrons. The van der Waals surface area contributed by atoms with Crippen molar-refractivity contribution in [1.82, 2.24) is 10.6 Å². The number of ether oxygens (including phenoxy) is 2. The van der Waals surface area contributed by atoms with Crippen LogP contribution >= 0.6 is 11.3 Å². The minimum Gasteiger partial charge on any atom is -0.348 e. The lowest BCUT2D eigenvalue weighted by Crippen LogP contribution is -2.40. The lowest BCUT2D eigenvalue weighted by Gasteiger charge is -2.22. The van der Waals surface area contributed by atoms with Gasteiger partial charge in [0.05, 0.1) is 13.2 Å². The lowest BCUT2D eigenvalue weighted by molar-refractivity contribution is -0.145. The molecule has 0 aliphatic carbocycles. The molecule has 1 atom stereocenters. The average Bonchev–Trinajstić information content (AvgIpc) is 3.07. The zero-order valence-corrected chi connectivity index (χ0v) is 12.8. The van der Waals surface area contributed by atoms with Gasteiger partial charge in [0.15, 0.2) is 5.79 Å². The fraction of sp³-hybridized carbons (Fsp3) is 0.643. The van der Waals surface area contributed by atoms with Crippen LogP contribution in [-0.4, -0.2) is 38.1 Å². The van der Waals surface area contributed by atoms with Crippen LogP contribution in [0.3, 0.4) is 0 Å². The topological polar surface area (TPSA) is 59.6 Å². The molecule has 0 bridgehead atoms. The Bertz CT molecular complexity index is 416. The summed E-state index contributed by atoms with van der Waals surface area (Å²) in [4.78, 5) is 13.0. The second-order valence-electron chi connectivity index (χ2n) is 5.13. The van der Waals surface area contributed by atoms with Crippen molar-refractivity contribution in [3.8, 4) is 0 Å². The quantitative estimate of drug-likeness (QED) is 0.847. The van der Waals surface area contributed by atoms with Crippen LogP contribution in [-0.2, 0) is 9.47 Å². The molecule has 1 fully saturated rings. The van der Waals surface area contributed by atoms with E-state index >= 15 is 0 Å². The summed E-state index contributed by atoms with van der Waals surface area (Å²) < 4.78 is 11.0. The molecular weight excluding hydrogens is 276 g/mol. The predicted molar refractivity (Wildman–Crippen MR) is 79.1 cm³/mol. The van der Waals surface area contributed by atoms with E-state index in [1.807, 2.05) is 18.4 Å². The molecule has 2 heterocycles. The minimum atomic E-state index is -0.544. The van der Waals surface area contributed by atoms with Crippen molar-refractivity contribution in [3.63, 3.8) is 0 Å². The smallest absolute Gasteiger partial charge is 0.314 e. The SMILES string of the molecule is C[C@H](CNC(=O)NCCC1(C)OCCO1)c1cccs1. The highest BCUT2D eigenvalue weighted by atomic mass is 32.1. The zero-order valence-electron chi connectivity index (χ0n) is 12.0. The number of rotatable bonds is 6. The Balaban J connectivity index is 1.61. The molecule has 6 heteroatoms. The van der Waals surface area contributed by atoms with Crippen molar-refractivity contribution in [2.24, 2.45) is 0 Å². The maximum atomic E-state index is 11.7. The first kappa shape index (κ1) is 15.3. The molecule has 0 saturated carbocycles. The highest BCUT2D eigenvalue weighted by molar-refractivity contribution is 7.10. The number of carbonyl (C=O) groups is 1. The van der Waals surface area contributed by atoms with Gasteiger partial charge in [-0.05, 0) is 18.4 Å². The van der Waals surface area contributed by atoms with Crippen LogP contribution < -0.4 is 10.6 Å². The van der Waals surface area contributed by atoms with E-state index < -0.39 is 5.79 Å². The Morgan fingerprint density at radius 2 is 2.20 bits per heavy atom. The third-order valence-corrected chi connectivity index (χ3v) is 4.46. The summed E-state index contributed by atoms with van der Waals surface area (Å²) in [6, 6.07) is 3.97. The Hall–Kier alpha value is -1.11. The predicted octanol–water partition coefficient (Wildman–Crippen LogP) is 2.30. The third kappa shape index (κ3) is 4.47. The Labute approximate surface area is 123 Å². The lowest BCUT2D eigenvalue weighted by atomic mass is 10.1. The molecule has 2 rings (SSSR count). The number of hydrogen-bond donors (Lipinski definition) is 2. The third-order valence-electron chi connectivity index (χ3n) is 3.36. The van der Waals surface area contributed by atoms with Crippen LogP contribution in [0.4, 0.5) is 4.79 Å². The summed E-state index contributed by atoms with van der Waals surface area (Å²) in [5.41, 5.74) is 0. The minimum absolute atomic E-state index is 0.144. The Morgan fingerprint density at radius 1 is 1.45 bits per heavy atom. The molecule has 1 saturated heterocycles. The summed E-state index contributed by atoms with van der Waals surface area (Å²) >= 11 is 1.71. The molecular formula is C14H22N2O3S. The van der Waals surface area contributed by atoms with E-state index in [0.29, 0.717) is 38.6 Å². The van der Waals surface area contributed by atoms with E-state index in [0.717, 1.165) is 0 Å². The summed E-state index contributed by atoms with van der Waals surface area (Å²) in [7, 11) is 0. The maximum absolute atomic E-state index is 11.7. The van der Waals surface area contributed by atoms with Gasteiger partial charge in [-0.1, -0.05) is 13.0 Å². The first-order valence-electron chi connectivity index (χ1n) is 6.92. The molecule has 1 aromatic heterocycles. The normalized spacial score (nSPS) is 18.7. The summed E-state index contributed by atoms with van der Waals surface area (Å²) in [5.74, 6) is -0.211. The van der Waals surface area contributed by atoms with Crippen molar-refractivity contribution < 1.29 is 14.3 Å². The van der Waals surface area contributed by atoms with E-state index in [1.165, 1.54) is 4.88 Å². The summed E-state index contributed by atoms with van der Waals surface area (Å²) in [5, 5.41) is 7.76. The number of thiophene rings is 1. The van der Waals surface area contributed by atoms with Gasteiger partial charge in [-0.2, -0.15) is 0 Å². The zero-order chi connectivity index (χ0) is 14.4. The highest BCUT2D eigenvalue weighted by Crippen LogP contribution is 2.21. The van der Waals surface area contributed by atoms with Gasteiger partial charge in [0.1, 0.15) is 0 Å². The van der Waals surface area contributed by atoms with Crippen molar-refractivity contribution in [1.29, 1.82) is 0 Å². The molecule has 0 aromatic carbocycles. The molecule has 0 spiro atoms. The van der Waals surface area contributed by atoms with E-state index in [-0.39, 0.29) is 6.03 Å². The van der Waals surface area contributed by atoms with Crippen molar-refractivity contribution >= 4 is 17.4 Å². The second-order valence-corrected chi connectivity index (χ2v) is 6.11. The number of hydrogen-bond acceptors (Lipinski definition) is 4. The Kier molecular flexibility index (Phi) is 5.39. The van der Waals surface area contributed by atoms with Crippen molar-refractivity contribution in [2.45, 2.75) is 32.0 Å². The number of nitrogens with one attached hydrogen (secondary N) is 2. The van der Waals surface area contributed by atoms with Gasteiger partial charge >= 0.3 is 6.03 Å². The van der Waals surface area contributed by atoms with Crippen molar-refractivity contribution in [2.75, 3.05) is 26.3 Å². The van der Waals surface area contributed by atoms with Gasteiger partial charge < -0.3 is 20.1 Å². The number of carbonyl (C=O) groups excluding carboxylic acids is 1. The first-order valence-corrected chi connectivity index (χ1v) is 7.80. The van der Waals surface area contributed by atoms with E-state index in [9.17, 15) is 4.79 Å². The van der Waals surface area contributed by atoms with E-state index in [2.05, 4.69) is 23.6 Å². The summed E-state index contributed by atoms with van der Waals surface area (Å²) in [6.45, 7) is 6.43. The van der Waals surface area contributed by atoms with Crippen molar-refractivity contribution in [3.05, 3.63) is 22.4 Å². The standard InChI is InChI=1S/C14H22N2O3S/c1-11(12-4-3-9-20-12)10-16-13(17)15-6-5-14(2)18-7-8-19-14/h3-4,9,11H,5-8,10H2,1-2H3,(H2,15,16,17)/t11-/m1/s1. The van der Waals surface area contributed by atoms with E-state index in [4.69, 9.17) is 9.47 Å². The number of amides is 2. The molecule has 112 valence electrons. The largest absolute Gasteiger partial charge is 0.348 e. The fourth-order valence-electron chi connectivity index (χ4n) is 2.08. The summed E-state index contributed by atoms with van der Waals surface area (Å²) in [6.07, 6.45) is 0.654. The van der Waals surface area contributed by atoms with Crippen LogP contribution in [0.2, 0.25) is 0 Å². The average molecular weight is 298 g/mol. The molecule has 1 aromatic rings. The van der Waals surface area contributed by atoms with Crippen LogP contribution in [0, 0.1) is 0 Å². The monoisotopic (exact) mass is 298 g/mol. The van der Waals surface area contributed by atoms with Gasteiger partial charge in [0, 0.05) is 30.3 Å². The molecule has 2 N–H and O–H groups in total.